The Morgan fingerprint density at radius 3 is 2.76 bits per heavy atom. The summed E-state index contributed by atoms with van der Waals surface area (Å²) in [6, 6.07) is 3.23. The number of halogens is 1. The van der Waals surface area contributed by atoms with Crippen LogP contribution in [0.4, 0.5) is 0 Å². The molecule has 2 rings (SSSR count). The number of amides is 1. The highest BCUT2D eigenvalue weighted by atomic mass is 79.9. The van der Waals surface area contributed by atoms with E-state index in [4.69, 9.17) is 0 Å². The van der Waals surface area contributed by atoms with Crippen LogP contribution in [-0.4, -0.2) is 41.1 Å². The number of likely N-dealkylation sites (tertiary alicyclic amines) is 1. The van der Waals surface area contributed by atoms with E-state index in [1.54, 1.807) is 12.3 Å². The Kier molecular flexibility index (Phi) is 5.99. The SMILES string of the molecule is CC(CN1CCCCC1)NC(=O)Cn1cc(Br)ccc1=O. The normalized spacial score (nSPS) is 17.4. The van der Waals surface area contributed by atoms with E-state index < -0.39 is 0 Å². The van der Waals surface area contributed by atoms with Crippen LogP contribution in [-0.2, 0) is 11.3 Å². The molecule has 0 bridgehead atoms. The van der Waals surface area contributed by atoms with Crippen LogP contribution in [0.25, 0.3) is 0 Å². The maximum absolute atomic E-state index is 12.0. The summed E-state index contributed by atoms with van der Waals surface area (Å²) in [6.45, 7) is 5.18. The number of rotatable bonds is 5. The Bertz CT molecular complexity index is 538. The molecular weight excluding hydrogens is 334 g/mol. The first-order valence-corrected chi connectivity index (χ1v) is 8.21. The smallest absolute Gasteiger partial charge is 0.251 e. The standard InChI is InChI=1S/C15H22BrN3O2/c1-12(9-18-7-3-2-4-8-18)17-14(20)11-19-10-13(16)5-6-15(19)21/h5-6,10,12H,2-4,7-9,11H2,1H3,(H,17,20). The van der Waals surface area contributed by atoms with Gasteiger partial charge < -0.3 is 14.8 Å². The first-order chi connectivity index (χ1) is 10.0. The number of carbonyl (C=O) groups is 1. The molecule has 1 amide bonds. The lowest BCUT2D eigenvalue weighted by Gasteiger charge is -2.29. The fourth-order valence-corrected chi connectivity index (χ4v) is 3.06. The Labute approximate surface area is 133 Å². The molecule has 1 aromatic rings. The van der Waals surface area contributed by atoms with Gasteiger partial charge in [0.05, 0.1) is 0 Å². The summed E-state index contributed by atoms with van der Waals surface area (Å²) in [5.41, 5.74) is -0.169. The Balaban J connectivity index is 1.83. The molecule has 1 N–H and O–H groups in total. The van der Waals surface area contributed by atoms with Gasteiger partial charge in [0.15, 0.2) is 0 Å². The van der Waals surface area contributed by atoms with Crippen molar-refractivity contribution in [1.82, 2.24) is 14.8 Å². The van der Waals surface area contributed by atoms with Gasteiger partial charge in [-0.2, -0.15) is 0 Å². The summed E-state index contributed by atoms with van der Waals surface area (Å²) >= 11 is 3.30. The lowest BCUT2D eigenvalue weighted by molar-refractivity contribution is -0.122. The second kappa shape index (κ2) is 7.75. The van der Waals surface area contributed by atoms with Crippen molar-refractivity contribution in [2.45, 2.75) is 38.8 Å². The first-order valence-electron chi connectivity index (χ1n) is 7.42. The average Bonchev–Trinajstić information content (AvgIpc) is 2.43. The third-order valence-electron chi connectivity index (χ3n) is 3.65. The molecule has 0 aromatic carbocycles. The van der Waals surface area contributed by atoms with E-state index in [1.165, 1.54) is 29.9 Å². The molecule has 1 unspecified atom stereocenters. The van der Waals surface area contributed by atoms with Crippen molar-refractivity contribution in [2.75, 3.05) is 19.6 Å². The zero-order valence-electron chi connectivity index (χ0n) is 12.3. The van der Waals surface area contributed by atoms with E-state index in [-0.39, 0.29) is 24.1 Å². The second-order valence-electron chi connectivity index (χ2n) is 5.64. The topological polar surface area (TPSA) is 54.3 Å². The molecule has 0 radical (unpaired) electrons. The lowest BCUT2D eigenvalue weighted by atomic mass is 10.1. The van der Waals surface area contributed by atoms with E-state index in [9.17, 15) is 9.59 Å². The van der Waals surface area contributed by atoms with Crippen LogP contribution >= 0.6 is 15.9 Å². The Morgan fingerprint density at radius 1 is 1.33 bits per heavy atom. The molecule has 1 saturated heterocycles. The number of aromatic nitrogens is 1. The van der Waals surface area contributed by atoms with Crippen LogP contribution < -0.4 is 10.9 Å². The molecule has 21 heavy (non-hydrogen) atoms. The van der Waals surface area contributed by atoms with Crippen LogP contribution in [0.3, 0.4) is 0 Å². The fourth-order valence-electron chi connectivity index (χ4n) is 2.68. The first kappa shape index (κ1) is 16.2. The zero-order chi connectivity index (χ0) is 15.2. The van der Waals surface area contributed by atoms with E-state index >= 15 is 0 Å². The van der Waals surface area contributed by atoms with E-state index in [1.807, 2.05) is 6.92 Å². The van der Waals surface area contributed by atoms with Gasteiger partial charge in [0.2, 0.25) is 5.91 Å². The highest BCUT2D eigenvalue weighted by molar-refractivity contribution is 9.10. The van der Waals surface area contributed by atoms with Crippen molar-refractivity contribution < 1.29 is 4.79 Å². The highest BCUT2D eigenvalue weighted by Gasteiger charge is 2.15. The molecule has 6 heteroatoms. The molecule has 0 spiro atoms. The molecule has 0 aliphatic carbocycles. The van der Waals surface area contributed by atoms with Crippen LogP contribution in [0, 0.1) is 0 Å². The number of nitrogens with one attached hydrogen (secondary N) is 1. The lowest BCUT2D eigenvalue weighted by Crippen LogP contribution is -2.45. The van der Waals surface area contributed by atoms with Gasteiger partial charge in [0.1, 0.15) is 6.54 Å². The van der Waals surface area contributed by atoms with Crippen LogP contribution in [0.15, 0.2) is 27.6 Å². The average molecular weight is 356 g/mol. The van der Waals surface area contributed by atoms with Crippen LogP contribution in [0.2, 0.25) is 0 Å². The number of piperidine rings is 1. The van der Waals surface area contributed by atoms with Gasteiger partial charge in [-0.3, -0.25) is 9.59 Å². The van der Waals surface area contributed by atoms with Crippen molar-refractivity contribution in [3.05, 3.63) is 33.2 Å². The van der Waals surface area contributed by atoms with Gasteiger partial charge in [-0.15, -0.1) is 0 Å². The summed E-state index contributed by atoms with van der Waals surface area (Å²) in [4.78, 5) is 26.1. The van der Waals surface area contributed by atoms with Crippen molar-refractivity contribution >= 4 is 21.8 Å². The summed E-state index contributed by atoms with van der Waals surface area (Å²) < 4.78 is 2.20. The third kappa shape index (κ3) is 5.28. The number of carbonyl (C=O) groups excluding carboxylic acids is 1. The predicted octanol–water partition coefficient (Wildman–Crippen LogP) is 1.60. The van der Waals surface area contributed by atoms with Gasteiger partial charge in [-0.1, -0.05) is 6.42 Å². The molecule has 5 nitrogen and oxygen atoms in total. The molecule has 0 saturated carbocycles. The summed E-state index contributed by atoms with van der Waals surface area (Å²) in [5.74, 6) is -0.125. The number of nitrogens with zero attached hydrogens (tertiary/aromatic N) is 2. The van der Waals surface area contributed by atoms with Crippen LogP contribution in [0.5, 0.6) is 0 Å². The van der Waals surface area contributed by atoms with Gasteiger partial charge in [0, 0.05) is 29.3 Å². The van der Waals surface area contributed by atoms with E-state index in [2.05, 4.69) is 26.1 Å². The van der Waals surface area contributed by atoms with Gasteiger partial charge in [-0.05, 0) is 54.9 Å². The number of hydrogen-bond acceptors (Lipinski definition) is 3. The number of hydrogen-bond donors (Lipinski definition) is 1. The van der Waals surface area contributed by atoms with E-state index in [0.29, 0.717) is 0 Å². The monoisotopic (exact) mass is 355 g/mol. The zero-order valence-corrected chi connectivity index (χ0v) is 13.9. The molecule has 1 aliphatic heterocycles. The molecular formula is C15H22BrN3O2. The Morgan fingerprint density at radius 2 is 2.05 bits per heavy atom. The summed E-state index contributed by atoms with van der Waals surface area (Å²) in [7, 11) is 0. The third-order valence-corrected chi connectivity index (χ3v) is 4.12. The van der Waals surface area contributed by atoms with E-state index in [0.717, 1.165) is 24.1 Å². The minimum atomic E-state index is -0.169. The molecule has 1 aromatic heterocycles. The fraction of sp³-hybridized carbons (Fsp3) is 0.600. The van der Waals surface area contributed by atoms with Crippen LogP contribution in [0.1, 0.15) is 26.2 Å². The minimum absolute atomic E-state index is 0.0581. The summed E-state index contributed by atoms with van der Waals surface area (Å²) in [5, 5.41) is 2.97. The van der Waals surface area contributed by atoms with Gasteiger partial charge in [0.25, 0.3) is 5.56 Å². The van der Waals surface area contributed by atoms with Crippen molar-refractivity contribution in [3.63, 3.8) is 0 Å². The maximum Gasteiger partial charge on any atom is 0.251 e. The maximum atomic E-state index is 12.0. The van der Waals surface area contributed by atoms with Crippen molar-refractivity contribution in [2.24, 2.45) is 0 Å². The minimum Gasteiger partial charge on any atom is -0.351 e. The highest BCUT2D eigenvalue weighted by Crippen LogP contribution is 2.09. The largest absolute Gasteiger partial charge is 0.351 e. The quantitative estimate of drug-likeness (QED) is 0.872. The number of pyridine rings is 1. The molecule has 1 aliphatic rings. The summed E-state index contributed by atoms with van der Waals surface area (Å²) in [6.07, 6.45) is 5.43. The predicted molar refractivity (Wildman–Crippen MR) is 86.3 cm³/mol. The molecule has 116 valence electrons. The molecule has 1 atom stereocenters. The molecule has 1 fully saturated rings. The van der Waals surface area contributed by atoms with Gasteiger partial charge >= 0.3 is 0 Å². The molecule has 2 heterocycles. The Hall–Kier alpha value is -1.14. The second-order valence-corrected chi connectivity index (χ2v) is 6.56. The van der Waals surface area contributed by atoms with Gasteiger partial charge in [-0.25, -0.2) is 0 Å². The van der Waals surface area contributed by atoms with Crippen molar-refractivity contribution in [1.29, 1.82) is 0 Å². The van der Waals surface area contributed by atoms with Crippen molar-refractivity contribution in [3.8, 4) is 0 Å².